The number of hydrogen-bond donors (Lipinski definition) is 1. The van der Waals surface area contributed by atoms with Crippen LogP contribution in [0.25, 0.3) is 16.5 Å². The maximum absolute atomic E-state index is 16.6. The molecule has 2 aliphatic rings. The molecule has 0 aliphatic carbocycles. The number of halogens is 1. The van der Waals surface area contributed by atoms with Crippen molar-refractivity contribution >= 4 is 36.5 Å². The summed E-state index contributed by atoms with van der Waals surface area (Å²) in [6.45, 7) is 5.51. The van der Waals surface area contributed by atoms with Gasteiger partial charge in [0.15, 0.2) is 5.60 Å². The predicted molar refractivity (Wildman–Crippen MR) is 199 cm³/mol. The Morgan fingerprint density at radius 1 is 0.942 bits per heavy atom. The molecule has 1 amide bonds. The summed E-state index contributed by atoms with van der Waals surface area (Å²) >= 11 is 0. The van der Waals surface area contributed by atoms with Crippen LogP contribution in [0.5, 0.6) is 0 Å². The van der Waals surface area contributed by atoms with Crippen molar-refractivity contribution in [1.29, 1.82) is 0 Å². The van der Waals surface area contributed by atoms with Gasteiger partial charge in [-0.1, -0.05) is 78.9 Å². The molecule has 12 heteroatoms. The Morgan fingerprint density at radius 2 is 1.65 bits per heavy atom. The summed E-state index contributed by atoms with van der Waals surface area (Å²) in [5, 5.41) is 24.6. The summed E-state index contributed by atoms with van der Waals surface area (Å²) < 4.78 is 26.6. The second-order valence-electron chi connectivity index (χ2n) is 14.2. The molecule has 2 aliphatic heterocycles. The van der Waals surface area contributed by atoms with Gasteiger partial charge in [0, 0.05) is 40.8 Å². The van der Waals surface area contributed by atoms with Crippen LogP contribution in [0.4, 0.5) is 15.5 Å². The zero-order valence-electron chi connectivity index (χ0n) is 29.1. The molecule has 0 saturated carbocycles. The van der Waals surface area contributed by atoms with Gasteiger partial charge in [-0.05, 0) is 61.5 Å². The number of para-hydroxylation sites is 1. The van der Waals surface area contributed by atoms with Crippen LogP contribution in [-0.4, -0.2) is 56.9 Å². The van der Waals surface area contributed by atoms with Crippen molar-refractivity contribution in [2.75, 3.05) is 11.5 Å². The number of fused-ring (bicyclic) bond motifs is 3. The van der Waals surface area contributed by atoms with Crippen molar-refractivity contribution in [1.82, 2.24) is 24.8 Å². The van der Waals surface area contributed by atoms with Crippen molar-refractivity contribution in [3.8, 4) is 5.69 Å². The molecule has 6 aromatic rings. The average Bonchev–Trinajstić information content (AvgIpc) is 3.81. The van der Waals surface area contributed by atoms with Crippen molar-refractivity contribution in [2.24, 2.45) is 5.92 Å². The van der Waals surface area contributed by atoms with Crippen LogP contribution in [0.2, 0.25) is 18.6 Å². The number of carbonyl (C=O) groups is 1. The number of aliphatic hydroxyl groups is 1. The molecule has 264 valence electrons. The molecule has 0 bridgehead atoms. The van der Waals surface area contributed by atoms with Crippen molar-refractivity contribution in [3.63, 3.8) is 0 Å². The lowest BCUT2D eigenvalue weighted by molar-refractivity contribution is -0.145. The minimum absolute atomic E-state index is 0.125. The van der Waals surface area contributed by atoms with Gasteiger partial charge in [-0.3, -0.25) is 19.2 Å². The molecule has 2 aromatic heterocycles. The van der Waals surface area contributed by atoms with E-state index in [0.29, 0.717) is 46.7 Å². The summed E-state index contributed by atoms with van der Waals surface area (Å²) in [6, 6.07) is 31.7. The number of nitrogens with zero attached hydrogens (tertiary/aromatic N) is 6. The van der Waals surface area contributed by atoms with Crippen molar-refractivity contribution in [2.45, 2.75) is 56.1 Å². The number of hydrogen-bond acceptors (Lipinski definition) is 7. The highest BCUT2D eigenvalue weighted by Crippen LogP contribution is 2.61. The molecule has 1 saturated heterocycles. The SMILES string of the molecule is C[C@H]1[C@H]([Si](C)(C)F)[C@@H](CCn2cc(C(CO)c3ccccc3)nn2)O[C@]12C(=O)N(c1ccccc1)c1ccc(-n3ncc4ccccc4c3=O)cc12. The Hall–Kier alpha value is -5.30. The number of benzene rings is 4. The predicted octanol–water partition coefficient (Wildman–Crippen LogP) is 6.65. The first-order valence-corrected chi connectivity index (χ1v) is 20.5. The van der Waals surface area contributed by atoms with E-state index in [0.717, 1.165) is 10.9 Å². The zero-order valence-corrected chi connectivity index (χ0v) is 30.1. The molecular weight excluding hydrogens is 676 g/mol. The molecule has 1 spiro atoms. The van der Waals surface area contributed by atoms with E-state index in [2.05, 4.69) is 15.4 Å². The number of ether oxygens (including phenoxy) is 1. The summed E-state index contributed by atoms with van der Waals surface area (Å²) in [7, 11) is -3.46. The fourth-order valence-electron chi connectivity index (χ4n) is 8.37. The fraction of sp³-hybridized carbons (Fsp3) is 0.275. The van der Waals surface area contributed by atoms with E-state index < -0.39 is 31.6 Å². The van der Waals surface area contributed by atoms with E-state index in [9.17, 15) is 14.7 Å². The maximum Gasteiger partial charge on any atom is 0.279 e. The van der Waals surface area contributed by atoms with E-state index in [1.165, 1.54) is 4.68 Å². The highest BCUT2D eigenvalue weighted by atomic mass is 28.4. The Bertz CT molecular complexity index is 2330. The van der Waals surface area contributed by atoms with Gasteiger partial charge in [0.1, 0.15) is 0 Å². The van der Waals surface area contributed by atoms with E-state index >= 15 is 4.11 Å². The van der Waals surface area contributed by atoms with E-state index in [-0.39, 0.29) is 24.0 Å². The standard InChI is InChI=1S/C40H39FN6O4Si/c1-26-37(52(2,3)41)36(20-21-45-24-34(43-44-45)32(25-48)27-12-6-4-7-13-27)51-40(26)33-22-30(47-38(49)31-17-11-10-14-28(31)23-42-47)18-19-35(33)46(39(40)50)29-15-8-5-9-16-29/h4-19,22-24,26,32,36-37,48H,20-21,25H2,1-3H3/t26-,32?,36+,37-,40+/m0/s1. The summed E-state index contributed by atoms with van der Waals surface area (Å²) in [5.41, 5.74) is 1.57. The topological polar surface area (TPSA) is 115 Å². The highest BCUT2D eigenvalue weighted by molar-refractivity contribution is 6.72. The summed E-state index contributed by atoms with van der Waals surface area (Å²) in [4.78, 5) is 30.3. The third-order valence-electron chi connectivity index (χ3n) is 10.7. The summed E-state index contributed by atoms with van der Waals surface area (Å²) in [6.07, 6.45) is 3.23. The van der Waals surface area contributed by atoms with Gasteiger partial charge >= 0.3 is 0 Å². The van der Waals surface area contributed by atoms with E-state index in [1.54, 1.807) is 41.0 Å². The lowest BCUT2D eigenvalue weighted by Crippen LogP contribution is -2.44. The third-order valence-corrected chi connectivity index (χ3v) is 13.2. The molecule has 4 aromatic carbocycles. The minimum atomic E-state index is -3.46. The number of aromatic nitrogens is 5. The first kappa shape index (κ1) is 33.8. The molecule has 1 N–H and O–H groups in total. The van der Waals surface area contributed by atoms with Crippen LogP contribution < -0.4 is 10.5 Å². The Labute approximate surface area is 301 Å². The number of aliphatic hydroxyl groups excluding tert-OH is 1. The average molecular weight is 715 g/mol. The summed E-state index contributed by atoms with van der Waals surface area (Å²) in [5.74, 6) is -1.16. The lowest BCUT2D eigenvalue weighted by atomic mass is 9.82. The third kappa shape index (κ3) is 5.49. The van der Waals surface area contributed by atoms with Crippen LogP contribution in [-0.2, 0) is 21.7 Å². The highest BCUT2D eigenvalue weighted by Gasteiger charge is 2.67. The zero-order chi connectivity index (χ0) is 36.2. The maximum atomic E-state index is 16.6. The van der Waals surface area contributed by atoms with Crippen molar-refractivity contribution in [3.05, 3.63) is 143 Å². The first-order valence-electron chi connectivity index (χ1n) is 17.6. The number of amides is 1. The number of rotatable bonds is 9. The van der Waals surface area contributed by atoms with Crippen LogP contribution >= 0.6 is 0 Å². The second kappa shape index (κ2) is 13.0. The van der Waals surface area contributed by atoms with E-state index in [1.807, 2.05) is 104 Å². The smallest absolute Gasteiger partial charge is 0.279 e. The monoisotopic (exact) mass is 714 g/mol. The minimum Gasteiger partial charge on any atom is -0.395 e. The van der Waals surface area contributed by atoms with Crippen LogP contribution in [0.15, 0.2) is 120 Å². The van der Waals surface area contributed by atoms with Gasteiger partial charge in [-0.15, -0.1) is 5.10 Å². The van der Waals surface area contributed by atoms with Crippen LogP contribution in [0.1, 0.15) is 36.1 Å². The lowest BCUT2D eigenvalue weighted by Gasteiger charge is -2.31. The number of carbonyl (C=O) groups excluding carboxylic acids is 1. The number of anilines is 2. The molecule has 4 heterocycles. The normalized spacial score (nSPS) is 22.0. The molecule has 5 atom stereocenters. The Kier molecular flexibility index (Phi) is 8.48. The second-order valence-corrected chi connectivity index (χ2v) is 18.0. The van der Waals surface area contributed by atoms with E-state index in [4.69, 9.17) is 4.74 Å². The number of aryl methyl sites for hydroxylation is 1. The van der Waals surface area contributed by atoms with Gasteiger partial charge in [0.05, 0.1) is 47.3 Å². The quantitative estimate of drug-likeness (QED) is 0.132. The first-order chi connectivity index (χ1) is 25.1. The molecule has 1 unspecified atom stereocenters. The molecule has 1 fully saturated rings. The van der Waals surface area contributed by atoms with Gasteiger partial charge in [0.25, 0.3) is 11.5 Å². The van der Waals surface area contributed by atoms with Gasteiger partial charge in [0.2, 0.25) is 8.41 Å². The van der Waals surface area contributed by atoms with Gasteiger partial charge in [-0.2, -0.15) is 9.78 Å². The van der Waals surface area contributed by atoms with Gasteiger partial charge < -0.3 is 14.0 Å². The van der Waals surface area contributed by atoms with Crippen molar-refractivity contribution < 1.29 is 18.7 Å². The van der Waals surface area contributed by atoms with Gasteiger partial charge in [-0.25, -0.2) is 0 Å². The Balaban J connectivity index is 1.19. The molecule has 10 nitrogen and oxygen atoms in total. The van der Waals surface area contributed by atoms with Crippen LogP contribution in [0, 0.1) is 5.92 Å². The fourth-order valence-corrected chi connectivity index (χ4v) is 10.9. The largest absolute Gasteiger partial charge is 0.395 e. The Morgan fingerprint density at radius 3 is 2.38 bits per heavy atom. The molecule has 0 radical (unpaired) electrons. The molecule has 8 rings (SSSR count). The molecule has 52 heavy (non-hydrogen) atoms. The van der Waals surface area contributed by atoms with Crippen LogP contribution in [0.3, 0.4) is 0 Å². The molecular formula is C40H39FN6O4Si.